The van der Waals surface area contributed by atoms with E-state index in [4.69, 9.17) is 21.5 Å². The summed E-state index contributed by atoms with van der Waals surface area (Å²) < 4.78 is 33.6. The van der Waals surface area contributed by atoms with Crippen molar-refractivity contribution in [2.75, 3.05) is 11.5 Å². The third-order valence-corrected chi connectivity index (χ3v) is 4.47. The minimum atomic E-state index is -5.08. The highest BCUT2D eigenvalue weighted by Crippen LogP contribution is 2.21. The van der Waals surface area contributed by atoms with Crippen LogP contribution in [0.25, 0.3) is 0 Å². The number of alkyl halides is 3. The summed E-state index contributed by atoms with van der Waals surface area (Å²) in [4.78, 5) is 8.90. The van der Waals surface area contributed by atoms with E-state index in [9.17, 15) is 13.2 Å². The van der Waals surface area contributed by atoms with Gasteiger partial charge in [0.1, 0.15) is 0 Å². The van der Waals surface area contributed by atoms with Crippen LogP contribution in [0.1, 0.15) is 11.4 Å². The second kappa shape index (κ2) is 7.37. The first-order valence-electron chi connectivity index (χ1n) is 5.92. The van der Waals surface area contributed by atoms with Gasteiger partial charge in [0.2, 0.25) is 0 Å². The molecule has 10 heteroatoms. The average molecular weight is 346 g/mol. The number of halogens is 4. The van der Waals surface area contributed by atoms with Crippen molar-refractivity contribution in [2.45, 2.75) is 25.7 Å². The molecule has 1 fully saturated rings. The van der Waals surface area contributed by atoms with Crippen molar-refractivity contribution in [3.8, 4) is 0 Å². The molecular formula is C11H15ClF3N3O2S. The van der Waals surface area contributed by atoms with Gasteiger partial charge in [0.15, 0.2) is 0 Å². The highest BCUT2D eigenvalue weighted by molar-refractivity contribution is 8.00. The maximum absolute atomic E-state index is 10.6. The predicted octanol–water partition coefficient (Wildman–Crippen LogP) is 2.22. The Kier molecular flexibility index (Phi) is 6.36. The van der Waals surface area contributed by atoms with Gasteiger partial charge in [-0.1, -0.05) is 11.6 Å². The minimum Gasteiger partial charge on any atom is -0.475 e. The van der Waals surface area contributed by atoms with Crippen molar-refractivity contribution in [2.24, 2.45) is 7.05 Å². The van der Waals surface area contributed by atoms with Crippen LogP contribution in [0.3, 0.4) is 0 Å². The number of carboxylic acid groups (broad SMARTS) is 1. The number of nitrogens with zero attached hydrogens (tertiary/aromatic N) is 2. The molecule has 2 rings (SSSR count). The molecule has 1 aliphatic rings. The Morgan fingerprint density at radius 3 is 2.38 bits per heavy atom. The summed E-state index contributed by atoms with van der Waals surface area (Å²) in [5.41, 5.74) is 2.00. The molecule has 0 aliphatic carbocycles. The Morgan fingerprint density at radius 1 is 1.57 bits per heavy atom. The van der Waals surface area contributed by atoms with Gasteiger partial charge >= 0.3 is 12.1 Å². The highest BCUT2D eigenvalue weighted by atomic mass is 35.5. The molecule has 0 aromatic carbocycles. The summed E-state index contributed by atoms with van der Waals surface area (Å²) in [6, 6.07) is 0.659. The first-order chi connectivity index (χ1) is 9.62. The van der Waals surface area contributed by atoms with Crippen molar-refractivity contribution in [1.82, 2.24) is 15.1 Å². The molecule has 0 unspecified atom stereocenters. The van der Waals surface area contributed by atoms with Crippen molar-refractivity contribution < 1.29 is 23.1 Å². The number of hydrogen-bond acceptors (Lipinski definition) is 4. The Bertz CT molecular complexity index is 504. The normalized spacial score (nSPS) is 15.1. The number of rotatable bonds is 3. The zero-order valence-electron chi connectivity index (χ0n) is 11.4. The van der Waals surface area contributed by atoms with Crippen LogP contribution in [-0.2, 0) is 18.4 Å². The van der Waals surface area contributed by atoms with Crippen LogP contribution < -0.4 is 5.32 Å². The van der Waals surface area contributed by atoms with E-state index in [0.29, 0.717) is 6.04 Å². The van der Waals surface area contributed by atoms with E-state index in [1.54, 1.807) is 0 Å². The van der Waals surface area contributed by atoms with Crippen LogP contribution in [0.2, 0.25) is 5.02 Å². The molecule has 1 aromatic rings. The van der Waals surface area contributed by atoms with Crippen LogP contribution in [0.4, 0.5) is 13.2 Å². The van der Waals surface area contributed by atoms with Gasteiger partial charge in [0.25, 0.3) is 0 Å². The standard InChI is InChI=1S/C9H14ClN3S.C2HF3O2/c1-6-9(10)8(13(2)12-6)3-11-7-4-14-5-7;3-2(4,5)1(6)7/h7,11H,3-5H2,1-2H3;(H,6,7). The topological polar surface area (TPSA) is 67.2 Å². The Balaban J connectivity index is 0.000000270. The lowest BCUT2D eigenvalue weighted by Gasteiger charge is -2.26. The van der Waals surface area contributed by atoms with Gasteiger partial charge < -0.3 is 10.4 Å². The monoisotopic (exact) mass is 345 g/mol. The van der Waals surface area contributed by atoms with Crippen molar-refractivity contribution >= 4 is 29.3 Å². The summed E-state index contributed by atoms with van der Waals surface area (Å²) in [5, 5.41) is 15.7. The van der Waals surface area contributed by atoms with Gasteiger partial charge in [-0.3, -0.25) is 4.68 Å². The van der Waals surface area contributed by atoms with E-state index in [-0.39, 0.29) is 0 Å². The summed E-state index contributed by atoms with van der Waals surface area (Å²) >= 11 is 8.11. The number of aliphatic carboxylic acids is 1. The molecule has 1 aliphatic heterocycles. The molecule has 5 nitrogen and oxygen atoms in total. The molecule has 2 N–H and O–H groups in total. The molecule has 0 amide bonds. The molecule has 0 saturated carbocycles. The number of aromatic nitrogens is 2. The summed E-state index contributed by atoms with van der Waals surface area (Å²) in [6.07, 6.45) is -5.08. The van der Waals surface area contributed by atoms with Gasteiger partial charge in [-0.15, -0.1) is 0 Å². The Morgan fingerprint density at radius 2 is 2.10 bits per heavy atom. The zero-order valence-corrected chi connectivity index (χ0v) is 12.9. The van der Waals surface area contributed by atoms with E-state index in [0.717, 1.165) is 23.0 Å². The summed E-state index contributed by atoms with van der Waals surface area (Å²) in [7, 11) is 1.94. The predicted molar refractivity (Wildman–Crippen MR) is 74.6 cm³/mol. The Labute approximate surface area is 128 Å². The fraction of sp³-hybridized carbons (Fsp3) is 0.636. The third-order valence-electron chi connectivity index (χ3n) is 2.70. The van der Waals surface area contributed by atoms with E-state index >= 15 is 0 Å². The molecule has 1 aromatic heterocycles. The van der Waals surface area contributed by atoms with Gasteiger partial charge in [0.05, 0.1) is 16.4 Å². The number of hydrogen-bond donors (Lipinski definition) is 2. The molecule has 0 spiro atoms. The maximum atomic E-state index is 10.6. The first kappa shape index (κ1) is 18.1. The lowest BCUT2D eigenvalue weighted by Crippen LogP contribution is -2.40. The molecule has 0 radical (unpaired) electrons. The smallest absolute Gasteiger partial charge is 0.475 e. The number of thioether (sulfide) groups is 1. The first-order valence-corrected chi connectivity index (χ1v) is 7.45. The van der Waals surface area contributed by atoms with Gasteiger partial charge in [-0.2, -0.15) is 30.0 Å². The van der Waals surface area contributed by atoms with Crippen LogP contribution in [0.5, 0.6) is 0 Å². The van der Waals surface area contributed by atoms with Crippen LogP contribution in [-0.4, -0.2) is 44.6 Å². The third kappa shape index (κ3) is 5.40. The molecule has 0 bridgehead atoms. The second-order valence-corrected chi connectivity index (χ2v) is 5.84. The number of nitrogens with one attached hydrogen (secondary N) is 1. The minimum absolute atomic E-state index is 0.659. The van der Waals surface area contributed by atoms with Gasteiger partial charge in [-0.25, -0.2) is 4.79 Å². The molecule has 21 heavy (non-hydrogen) atoms. The number of carboxylic acids is 1. The number of aryl methyl sites for hydroxylation is 2. The largest absolute Gasteiger partial charge is 0.490 e. The molecule has 120 valence electrons. The zero-order chi connectivity index (χ0) is 16.2. The highest BCUT2D eigenvalue weighted by Gasteiger charge is 2.38. The van der Waals surface area contributed by atoms with E-state index in [1.165, 1.54) is 11.5 Å². The van der Waals surface area contributed by atoms with E-state index in [1.807, 2.05) is 30.4 Å². The SMILES string of the molecule is Cc1nn(C)c(CNC2CSC2)c1Cl.O=C(O)C(F)(F)F. The quantitative estimate of drug-likeness (QED) is 0.879. The summed E-state index contributed by atoms with van der Waals surface area (Å²) in [6.45, 7) is 2.76. The van der Waals surface area contributed by atoms with Crippen molar-refractivity contribution in [1.29, 1.82) is 0 Å². The number of carbonyl (C=O) groups is 1. The lowest BCUT2D eigenvalue weighted by molar-refractivity contribution is -0.192. The molecule has 2 heterocycles. The molecule has 0 atom stereocenters. The second-order valence-electron chi connectivity index (χ2n) is 4.39. The Hall–Kier alpha value is -0.930. The van der Waals surface area contributed by atoms with E-state index in [2.05, 4.69) is 10.4 Å². The molecule has 1 saturated heterocycles. The van der Waals surface area contributed by atoms with Crippen LogP contribution in [0, 0.1) is 6.92 Å². The average Bonchev–Trinajstić information content (AvgIpc) is 2.53. The van der Waals surface area contributed by atoms with Crippen molar-refractivity contribution in [3.63, 3.8) is 0 Å². The van der Waals surface area contributed by atoms with Gasteiger partial charge in [0, 0.05) is 31.1 Å². The fourth-order valence-electron chi connectivity index (χ4n) is 1.47. The van der Waals surface area contributed by atoms with E-state index < -0.39 is 12.1 Å². The lowest BCUT2D eigenvalue weighted by atomic mass is 10.3. The van der Waals surface area contributed by atoms with Crippen molar-refractivity contribution in [3.05, 3.63) is 16.4 Å². The molecular weight excluding hydrogens is 331 g/mol. The van der Waals surface area contributed by atoms with Crippen LogP contribution >= 0.6 is 23.4 Å². The summed E-state index contributed by atoms with van der Waals surface area (Å²) in [5.74, 6) is -0.324. The van der Waals surface area contributed by atoms with Gasteiger partial charge in [-0.05, 0) is 6.92 Å². The fourth-order valence-corrected chi connectivity index (χ4v) is 2.40. The maximum Gasteiger partial charge on any atom is 0.490 e. The van der Waals surface area contributed by atoms with Crippen LogP contribution in [0.15, 0.2) is 0 Å².